The first-order valence-corrected chi connectivity index (χ1v) is 8.73. The number of carbonyl (C=O) groups excluding carboxylic acids is 1. The van der Waals surface area contributed by atoms with E-state index >= 15 is 0 Å². The van der Waals surface area contributed by atoms with E-state index in [9.17, 15) is 4.79 Å². The number of nitrogens with two attached hydrogens (primary N) is 1. The predicted molar refractivity (Wildman–Crippen MR) is 94.4 cm³/mol. The maximum Gasteiger partial charge on any atom is 0.239 e. The molecular formula is C17H16Br2N2O. The zero-order chi connectivity index (χ0) is 15.7. The maximum absolute atomic E-state index is 11.9. The lowest BCUT2D eigenvalue weighted by atomic mass is 10.0. The van der Waals surface area contributed by atoms with E-state index in [4.69, 9.17) is 5.73 Å². The highest BCUT2D eigenvalue weighted by atomic mass is 79.9. The van der Waals surface area contributed by atoms with E-state index in [1.807, 2.05) is 30.3 Å². The Morgan fingerprint density at radius 2 is 2.00 bits per heavy atom. The molecule has 0 aromatic heterocycles. The Labute approximate surface area is 146 Å². The number of amides is 1. The van der Waals surface area contributed by atoms with Crippen molar-refractivity contribution in [3.8, 4) is 0 Å². The van der Waals surface area contributed by atoms with Crippen molar-refractivity contribution in [2.45, 2.75) is 24.9 Å². The second-order valence-corrected chi connectivity index (χ2v) is 7.23. The minimum Gasteiger partial charge on any atom is -0.368 e. The van der Waals surface area contributed by atoms with Gasteiger partial charge in [-0.3, -0.25) is 10.1 Å². The molecular weight excluding hydrogens is 408 g/mol. The van der Waals surface area contributed by atoms with E-state index in [0.29, 0.717) is 0 Å². The molecule has 0 heterocycles. The molecule has 1 aliphatic rings. The first-order chi connectivity index (χ1) is 10.6. The van der Waals surface area contributed by atoms with Gasteiger partial charge in [0.25, 0.3) is 0 Å². The zero-order valence-electron chi connectivity index (χ0n) is 11.9. The number of primary amides is 1. The molecule has 2 atom stereocenters. The summed E-state index contributed by atoms with van der Waals surface area (Å²) in [7, 11) is 0. The normalized spacial score (nSPS) is 18.0. The second kappa shape index (κ2) is 6.52. The van der Waals surface area contributed by atoms with Crippen molar-refractivity contribution >= 4 is 37.8 Å². The molecule has 5 heteroatoms. The fourth-order valence-corrected chi connectivity index (χ4v) is 4.01. The van der Waals surface area contributed by atoms with Gasteiger partial charge in [-0.1, -0.05) is 56.1 Å². The van der Waals surface area contributed by atoms with Crippen LogP contribution in [0.15, 0.2) is 51.4 Å². The average molecular weight is 424 g/mol. The number of nitrogens with one attached hydrogen (secondary N) is 1. The minimum atomic E-state index is -0.493. The SMILES string of the molecule is NC(=O)[C@@H](N[C@H]1CCc2c(Br)cccc21)c1cccc(Br)c1. The number of hydrogen-bond acceptors (Lipinski definition) is 2. The standard InChI is InChI=1S/C17H16Br2N2O/c18-11-4-1-3-10(9-11)16(17(20)22)21-15-8-7-12-13(15)5-2-6-14(12)19/h1-6,9,15-16,21H,7-8H2,(H2,20,22)/t15-,16-/m0/s1. The van der Waals surface area contributed by atoms with Crippen LogP contribution in [0.4, 0.5) is 0 Å². The number of hydrogen-bond donors (Lipinski definition) is 2. The number of benzene rings is 2. The highest BCUT2D eigenvalue weighted by Gasteiger charge is 2.28. The molecule has 0 bridgehead atoms. The van der Waals surface area contributed by atoms with Gasteiger partial charge in [-0.2, -0.15) is 0 Å². The molecule has 2 aromatic carbocycles. The summed E-state index contributed by atoms with van der Waals surface area (Å²) in [5.74, 6) is -0.360. The van der Waals surface area contributed by atoms with Crippen LogP contribution in [-0.2, 0) is 11.2 Å². The largest absolute Gasteiger partial charge is 0.368 e. The maximum atomic E-state index is 11.9. The van der Waals surface area contributed by atoms with Gasteiger partial charge in [0, 0.05) is 15.0 Å². The fraction of sp³-hybridized carbons (Fsp3) is 0.235. The van der Waals surface area contributed by atoms with Gasteiger partial charge in [-0.25, -0.2) is 0 Å². The molecule has 0 radical (unpaired) electrons. The Morgan fingerprint density at radius 3 is 2.73 bits per heavy atom. The van der Waals surface area contributed by atoms with Gasteiger partial charge >= 0.3 is 0 Å². The van der Waals surface area contributed by atoms with E-state index in [1.165, 1.54) is 11.1 Å². The van der Waals surface area contributed by atoms with Crippen LogP contribution in [0.1, 0.15) is 35.2 Å². The summed E-state index contributed by atoms with van der Waals surface area (Å²) in [5, 5.41) is 3.43. The lowest BCUT2D eigenvalue weighted by molar-refractivity contribution is -0.120. The van der Waals surface area contributed by atoms with Crippen LogP contribution >= 0.6 is 31.9 Å². The second-order valence-electron chi connectivity index (χ2n) is 5.46. The lowest BCUT2D eigenvalue weighted by Gasteiger charge is -2.22. The highest BCUT2D eigenvalue weighted by Crippen LogP contribution is 2.37. The molecule has 0 unspecified atom stereocenters. The number of halogens is 2. The molecule has 1 aliphatic carbocycles. The van der Waals surface area contributed by atoms with Crippen molar-refractivity contribution < 1.29 is 4.79 Å². The Kier molecular flexibility index (Phi) is 4.66. The van der Waals surface area contributed by atoms with E-state index in [1.54, 1.807) is 0 Å². The van der Waals surface area contributed by atoms with E-state index < -0.39 is 6.04 Å². The molecule has 2 aromatic rings. The van der Waals surface area contributed by atoms with Crippen LogP contribution in [0.5, 0.6) is 0 Å². The fourth-order valence-electron chi connectivity index (χ4n) is 3.01. The van der Waals surface area contributed by atoms with E-state index in [0.717, 1.165) is 27.4 Å². The quantitative estimate of drug-likeness (QED) is 0.780. The zero-order valence-corrected chi connectivity index (χ0v) is 15.0. The van der Waals surface area contributed by atoms with E-state index in [2.05, 4.69) is 49.3 Å². The predicted octanol–water partition coefficient (Wildman–Crippen LogP) is 4.02. The first-order valence-electron chi connectivity index (χ1n) is 7.14. The van der Waals surface area contributed by atoms with Crippen LogP contribution < -0.4 is 11.1 Å². The molecule has 0 saturated heterocycles. The van der Waals surface area contributed by atoms with Gasteiger partial charge in [0.15, 0.2) is 0 Å². The molecule has 1 amide bonds. The third-order valence-electron chi connectivity index (χ3n) is 4.05. The monoisotopic (exact) mass is 422 g/mol. The minimum absolute atomic E-state index is 0.143. The van der Waals surface area contributed by atoms with E-state index in [-0.39, 0.29) is 11.9 Å². The van der Waals surface area contributed by atoms with Crippen molar-refractivity contribution in [3.05, 3.63) is 68.1 Å². The van der Waals surface area contributed by atoms with Gasteiger partial charge in [-0.15, -0.1) is 0 Å². The summed E-state index contributed by atoms with van der Waals surface area (Å²) in [6, 6.07) is 13.5. The number of fused-ring (bicyclic) bond motifs is 1. The smallest absolute Gasteiger partial charge is 0.239 e. The third-order valence-corrected chi connectivity index (χ3v) is 5.28. The molecule has 22 heavy (non-hydrogen) atoms. The summed E-state index contributed by atoms with van der Waals surface area (Å²) >= 11 is 7.04. The summed E-state index contributed by atoms with van der Waals surface area (Å²) in [6.45, 7) is 0. The summed E-state index contributed by atoms with van der Waals surface area (Å²) in [6.07, 6.45) is 1.97. The van der Waals surface area contributed by atoms with Crippen molar-refractivity contribution in [1.29, 1.82) is 0 Å². The van der Waals surface area contributed by atoms with Crippen LogP contribution in [0, 0.1) is 0 Å². The molecule has 3 N–H and O–H groups in total. The number of carbonyl (C=O) groups is 1. The van der Waals surface area contributed by atoms with Crippen molar-refractivity contribution in [2.24, 2.45) is 5.73 Å². The van der Waals surface area contributed by atoms with Crippen LogP contribution in [0.3, 0.4) is 0 Å². The Hall–Kier alpha value is -1.17. The summed E-state index contributed by atoms with van der Waals surface area (Å²) < 4.78 is 2.07. The van der Waals surface area contributed by atoms with Gasteiger partial charge in [0.2, 0.25) is 5.91 Å². The summed E-state index contributed by atoms with van der Waals surface area (Å²) in [4.78, 5) is 11.9. The highest BCUT2D eigenvalue weighted by molar-refractivity contribution is 9.10. The Morgan fingerprint density at radius 1 is 1.23 bits per heavy atom. The van der Waals surface area contributed by atoms with Crippen molar-refractivity contribution in [2.75, 3.05) is 0 Å². The lowest BCUT2D eigenvalue weighted by Crippen LogP contribution is -2.35. The van der Waals surface area contributed by atoms with Crippen LogP contribution in [0.25, 0.3) is 0 Å². The topological polar surface area (TPSA) is 55.1 Å². The average Bonchev–Trinajstić information content (AvgIpc) is 2.89. The molecule has 0 aliphatic heterocycles. The van der Waals surface area contributed by atoms with Crippen molar-refractivity contribution in [1.82, 2.24) is 5.32 Å². The van der Waals surface area contributed by atoms with Gasteiger partial charge < -0.3 is 5.73 Å². The first kappa shape index (κ1) is 15.7. The molecule has 3 rings (SSSR count). The molecule has 0 spiro atoms. The van der Waals surface area contributed by atoms with Gasteiger partial charge in [-0.05, 0) is 47.7 Å². The molecule has 3 nitrogen and oxygen atoms in total. The Bertz CT molecular complexity index is 718. The van der Waals surface area contributed by atoms with Gasteiger partial charge in [0.1, 0.15) is 6.04 Å². The third kappa shape index (κ3) is 3.12. The van der Waals surface area contributed by atoms with Crippen molar-refractivity contribution in [3.63, 3.8) is 0 Å². The van der Waals surface area contributed by atoms with Gasteiger partial charge in [0.05, 0.1) is 0 Å². The molecule has 114 valence electrons. The Balaban J connectivity index is 1.88. The van der Waals surface area contributed by atoms with Crippen LogP contribution in [-0.4, -0.2) is 5.91 Å². The molecule has 0 saturated carbocycles. The number of rotatable bonds is 4. The van der Waals surface area contributed by atoms with Crippen LogP contribution in [0.2, 0.25) is 0 Å². The molecule has 0 fully saturated rings. The summed E-state index contributed by atoms with van der Waals surface area (Å²) in [5.41, 5.74) is 9.06.